The van der Waals surface area contributed by atoms with E-state index in [1.807, 2.05) is 0 Å². The number of hydrogen-bond donors (Lipinski definition) is 1. The van der Waals surface area contributed by atoms with E-state index in [0.29, 0.717) is 36.0 Å². The highest BCUT2D eigenvalue weighted by Gasteiger charge is 2.23. The van der Waals surface area contributed by atoms with Gasteiger partial charge in [-0.25, -0.2) is 8.42 Å². The lowest BCUT2D eigenvalue weighted by atomic mass is 10.1. The number of carbonyl (C=O) groups is 1. The van der Waals surface area contributed by atoms with E-state index in [1.54, 1.807) is 32.9 Å². The molecule has 0 atom stereocenters. The fourth-order valence-corrected chi connectivity index (χ4v) is 4.49. The molecule has 2 aromatic carbocycles. The van der Waals surface area contributed by atoms with Crippen molar-refractivity contribution in [2.75, 3.05) is 39.7 Å². The molecule has 9 heteroatoms. The third-order valence-corrected chi connectivity index (χ3v) is 6.80. The number of ether oxygens (including phenoxy) is 3. The van der Waals surface area contributed by atoms with E-state index >= 15 is 0 Å². The van der Waals surface area contributed by atoms with Gasteiger partial charge in [-0.3, -0.25) is 4.79 Å². The minimum Gasteiger partial charge on any atom is -0.496 e. The summed E-state index contributed by atoms with van der Waals surface area (Å²) < 4.78 is 42.8. The van der Waals surface area contributed by atoms with Gasteiger partial charge in [0, 0.05) is 30.9 Å². The highest BCUT2D eigenvalue weighted by Crippen LogP contribution is 2.35. The van der Waals surface area contributed by atoms with Crippen LogP contribution in [0, 0.1) is 6.92 Å². The maximum absolute atomic E-state index is 13.0. The molecule has 0 aliphatic heterocycles. The van der Waals surface area contributed by atoms with E-state index in [0.717, 1.165) is 5.56 Å². The third-order valence-electron chi connectivity index (χ3n) is 4.75. The fraction of sp³-hybridized carbons (Fsp3) is 0.381. The van der Waals surface area contributed by atoms with Gasteiger partial charge in [0.05, 0.1) is 31.8 Å². The lowest BCUT2D eigenvalue weighted by molar-refractivity contribution is 0.102. The number of nitrogens with one attached hydrogen (secondary N) is 1. The van der Waals surface area contributed by atoms with Crippen LogP contribution >= 0.6 is 0 Å². The summed E-state index contributed by atoms with van der Waals surface area (Å²) in [5, 5.41) is 2.78. The standard InChI is InChI=1S/C21H28N2O6S/c1-7-23(8-2)30(25,26)15-10-9-14(3)17(11-15)22-21(24)16-12-19(28-5)20(29-6)13-18(16)27-4/h9-13H,7-8H2,1-6H3,(H,22,24). The van der Waals surface area contributed by atoms with Gasteiger partial charge in [-0.05, 0) is 24.6 Å². The van der Waals surface area contributed by atoms with E-state index in [9.17, 15) is 13.2 Å². The Labute approximate surface area is 177 Å². The average molecular weight is 437 g/mol. The van der Waals surface area contributed by atoms with E-state index in [2.05, 4.69) is 5.32 Å². The molecule has 2 rings (SSSR count). The Hall–Kier alpha value is -2.78. The van der Waals surface area contributed by atoms with E-state index in [4.69, 9.17) is 14.2 Å². The van der Waals surface area contributed by atoms with E-state index < -0.39 is 15.9 Å². The summed E-state index contributed by atoms with van der Waals surface area (Å²) in [5.41, 5.74) is 1.35. The summed E-state index contributed by atoms with van der Waals surface area (Å²) in [5.74, 6) is 0.635. The van der Waals surface area contributed by atoms with Crippen LogP contribution in [0.4, 0.5) is 5.69 Å². The lowest BCUT2D eigenvalue weighted by Crippen LogP contribution is -2.30. The second-order valence-corrected chi connectivity index (χ2v) is 8.37. The molecule has 164 valence electrons. The van der Waals surface area contributed by atoms with Crippen molar-refractivity contribution in [1.29, 1.82) is 0 Å². The van der Waals surface area contributed by atoms with Crippen molar-refractivity contribution < 1.29 is 27.4 Å². The van der Waals surface area contributed by atoms with Gasteiger partial charge in [0.1, 0.15) is 5.75 Å². The Bertz CT molecular complexity index is 1020. The fourth-order valence-electron chi connectivity index (χ4n) is 3.01. The van der Waals surface area contributed by atoms with Crippen LogP contribution in [-0.4, -0.2) is 53.0 Å². The van der Waals surface area contributed by atoms with Crippen LogP contribution in [0.15, 0.2) is 35.2 Å². The molecule has 0 heterocycles. The Balaban J connectivity index is 2.45. The molecule has 0 aromatic heterocycles. The first-order chi connectivity index (χ1) is 14.2. The van der Waals surface area contributed by atoms with Crippen molar-refractivity contribution in [3.8, 4) is 17.2 Å². The normalized spacial score (nSPS) is 11.3. The Morgan fingerprint density at radius 2 is 1.50 bits per heavy atom. The molecule has 30 heavy (non-hydrogen) atoms. The van der Waals surface area contributed by atoms with Crippen LogP contribution in [0.1, 0.15) is 29.8 Å². The molecule has 0 saturated heterocycles. The van der Waals surface area contributed by atoms with Crippen molar-refractivity contribution in [2.45, 2.75) is 25.7 Å². The van der Waals surface area contributed by atoms with Gasteiger partial charge in [0.15, 0.2) is 11.5 Å². The molecule has 8 nitrogen and oxygen atoms in total. The SMILES string of the molecule is CCN(CC)S(=O)(=O)c1ccc(C)c(NC(=O)c2cc(OC)c(OC)cc2OC)c1. The van der Waals surface area contributed by atoms with Crippen LogP contribution in [0.3, 0.4) is 0 Å². The monoisotopic (exact) mass is 436 g/mol. The van der Waals surface area contributed by atoms with Gasteiger partial charge in [-0.2, -0.15) is 4.31 Å². The molecular formula is C21H28N2O6S. The quantitative estimate of drug-likeness (QED) is 0.648. The van der Waals surface area contributed by atoms with Crippen molar-refractivity contribution in [3.63, 3.8) is 0 Å². The van der Waals surface area contributed by atoms with Gasteiger partial charge < -0.3 is 19.5 Å². The maximum atomic E-state index is 13.0. The van der Waals surface area contributed by atoms with Crippen molar-refractivity contribution in [2.24, 2.45) is 0 Å². The van der Waals surface area contributed by atoms with Crippen LogP contribution < -0.4 is 19.5 Å². The number of hydrogen-bond acceptors (Lipinski definition) is 6. The number of sulfonamides is 1. The largest absolute Gasteiger partial charge is 0.496 e. The Morgan fingerprint density at radius 3 is 2.03 bits per heavy atom. The molecule has 0 bridgehead atoms. The number of amides is 1. The van der Waals surface area contributed by atoms with Gasteiger partial charge in [-0.1, -0.05) is 19.9 Å². The minimum atomic E-state index is -3.65. The molecule has 2 aromatic rings. The molecule has 1 amide bonds. The Kier molecular flexibility index (Phi) is 7.69. The second-order valence-electron chi connectivity index (χ2n) is 6.43. The predicted octanol–water partition coefficient (Wildman–Crippen LogP) is 3.30. The molecular weight excluding hydrogens is 408 g/mol. The third kappa shape index (κ3) is 4.68. The number of carbonyl (C=O) groups excluding carboxylic acids is 1. The van der Waals surface area contributed by atoms with Crippen LogP contribution in [-0.2, 0) is 10.0 Å². The zero-order valence-corrected chi connectivity index (χ0v) is 18.9. The number of rotatable bonds is 9. The molecule has 0 saturated carbocycles. The second kappa shape index (κ2) is 9.82. The summed E-state index contributed by atoms with van der Waals surface area (Å²) in [6, 6.07) is 7.74. The van der Waals surface area contributed by atoms with E-state index in [-0.39, 0.29) is 10.5 Å². The van der Waals surface area contributed by atoms with Gasteiger partial charge in [0.25, 0.3) is 5.91 Å². The number of methoxy groups -OCH3 is 3. The highest BCUT2D eigenvalue weighted by atomic mass is 32.2. The summed E-state index contributed by atoms with van der Waals surface area (Å²) >= 11 is 0. The first-order valence-corrected chi connectivity index (χ1v) is 10.9. The summed E-state index contributed by atoms with van der Waals surface area (Å²) in [7, 11) is 0.751. The van der Waals surface area contributed by atoms with Crippen LogP contribution in [0.2, 0.25) is 0 Å². The topological polar surface area (TPSA) is 94.2 Å². The maximum Gasteiger partial charge on any atom is 0.259 e. The highest BCUT2D eigenvalue weighted by molar-refractivity contribution is 7.89. The smallest absolute Gasteiger partial charge is 0.259 e. The van der Waals surface area contributed by atoms with Crippen LogP contribution in [0.5, 0.6) is 17.2 Å². The zero-order chi connectivity index (χ0) is 22.5. The Morgan fingerprint density at radius 1 is 0.933 bits per heavy atom. The molecule has 0 radical (unpaired) electrons. The summed E-state index contributed by atoms with van der Waals surface area (Å²) in [6.07, 6.45) is 0. The van der Waals surface area contributed by atoms with Crippen molar-refractivity contribution in [3.05, 3.63) is 41.5 Å². The zero-order valence-electron chi connectivity index (χ0n) is 18.1. The number of anilines is 1. The lowest BCUT2D eigenvalue weighted by Gasteiger charge is -2.20. The predicted molar refractivity (Wildman–Crippen MR) is 115 cm³/mol. The molecule has 0 aliphatic rings. The van der Waals surface area contributed by atoms with Gasteiger partial charge in [-0.15, -0.1) is 0 Å². The van der Waals surface area contributed by atoms with Crippen molar-refractivity contribution in [1.82, 2.24) is 4.31 Å². The molecule has 0 fully saturated rings. The van der Waals surface area contributed by atoms with Gasteiger partial charge in [0.2, 0.25) is 10.0 Å². The molecule has 1 N–H and O–H groups in total. The number of benzene rings is 2. The van der Waals surface area contributed by atoms with Gasteiger partial charge >= 0.3 is 0 Å². The molecule has 0 spiro atoms. The van der Waals surface area contributed by atoms with Crippen LogP contribution in [0.25, 0.3) is 0 Å². The first kappa shape index (κ1) is 23.5. The van der Waals surface area contributed by atoms with E-state index in [1.165, 1.54) is 43.8 Å². The summed E-state index contributed by atoms with van der Waals surface area (Å²) in [4.78, 5) is 13.1. The number of nitrogens with zero attached hydrogens (tertiary/aromatic N) is 1. The minimum absolute atomic E-state index is 0.117. The summed E-state index contributed by atoms with van der Waals surface area (Å²) in [6.45, 7) is 6.06. The molecule has 0 aliphatic carbocycles. The average Bonchev–Trinajstić information content (AvgIpc) is 2.74. The number of aryl methyl sites for hydroxylation is 1. The van der Waals surface area contributed by atoms with Crippen molar-refractivity contribution >= 4 is 21.6 Å². The molecule has 0 unspecified atom stereocenters. The first-order valence-electron chi connectivity index (χ1n) is 9.45.